The molecular formula is C20H20ClNO3. The van der Waals surface area contributed by atoms with E-state index in [1.165, 1.54) is 4.90 Å². The Labute approximate surface area is 152 Å². The van der Waals surface area contributed by atoms with E-state index in [1.54, 1.807) is 30.3 Å². The van der Waals surface area contributed by atoms with Gasteiger partial charge < -0.3 is 10.0 Å². The SMILES string of the molecule is CCc1ccc(C(=O)C[C@]2(O)C(=O)N(CC)c3ccc(Cl)cc32)cc1. The van der Waals surface area contributed by atoms with Gasteiger partial charge in [0.15, 0.2) is 11.4 Å². The molecule has 4 nitrogen and oxygen atoms in total. The molecule has 0 aromatic heterocycles. The molecule has 1 aliphatic heterocycles. The lowest BCUT2D eigenvalue weighted by atomic mass is 9.88. The lowest BCUT2D eigenvalue weighted by Crippen LogP contribution is -2.41. The van der Waals surface area contributed by atoms with Crippen molar-refractivity contribution in [2.75, 3.05) is 11.4 Å². The summed E-state index contributed by atoms with van der Waals surface area (Å²) in [6.45, 7) is 4.28. The minimum atomic E-state index is -1.88. The molecule has 0 spiro atoms. The molecule has 0 fully saturated rings. The number of Topliss-reactive ketones (excluding diaryl/α,β-unsaturated/α-hetero) is 1. The van der Waals surface area contributed by atoms with Crippen LogP contribution < -0.4 is 4.90 Å². The van der Waals surface area contributed by atoms with Gasteiger partial charge in [-0.2, -0.15) is 0 Å². The second-order valence-electron chi connectivity index (χ2n) is 6.22. The number of amides is 1. The predicted molar refractivity (Wildman–Crippen MR) is 98.1 cm³/mol. The Hall–Kier alpha value is -2.17. The average molecular weight is 358 g/mol. The number of halogens is 1. The van der Waals surface area contributed by atoms with Crippen LogP contribution in [0.5, 0.6) is 0 Å². The number of aryl methyl sites for hydroxylation is 1. The fourth-order valence-electron chi connectivity index (χ4n) is 3.27. The van der Waals surface area contributed by atoms with Crippen molar-refractivity contribution in [1.29, 1.82) is 0 Å². The summed E-state index contributed by atoms with van der Waals surface area (Å²) >= 11 is 6.05. The van der Waals surface area contributed by atoms with E-state index in [4.69, 9.17) is 11.6 Å². The molecular weight excluding hydrogens is 338 g/mol. The molecule has 3 rings (SSSR count). The summed E-state index contributed by atoms with van der Waals surface area (Å²) in [7, 11) is 0. The summed E-state index contributed by atoms with van der Waals surface area (Å²) in [6, 6.07) is 12.2. The van der Waals surface area contributed by atoms with Crippen LogP contribution in [0.15, 0.2) is 42.5 Å². The van der Waals surface area contributed by atoms with Gasteiger partial charge in [-0.25, -0.2) is 0 Å². The molecule has 2 aromatic carbocycles. The third kappa shape index (κ3) is 2.96. The number of hydrogen-bond acceptors (Lipinski definition) is 3. The Kier molecular flexibility index (Phi) is 4.67. The zero-order valence-corrected chi connectivity index (χ0v) is 15.0. The highest BCUT2D eigenvalue weighted by Gasteiger charge is 2.50. The Bertz CT molecular complexity index is 831. The standard InChI is InChI=1S/C20H20ClNO3/c1-3-13-5-7-14(8-6-13)18(23)12-20(25)16-11-15(21)9-10-17(16)22(4-2)19(20)24/h5-11,25H,3-4,12H2,1-2H3/t20-/m1/s1. The molecule has 0 radical (unpaired) electrons. The third-order valence-electron chi connectivity index (χ3n) is 4.71. The first-order chi connectivity index (χ1) is 11.9. The van der Waals surface area contributed by atoms with Crippen molar-refractivity contribution in [3.8, 4) is 0 Å². The van der Waals surface area contributed by atoms with Crippen molar-refractivity contribution in [3.05, 3.63) is 64.2 Å². The predicted octanol–water partition coefficient (Wildman–Crippen LogP) is 3.73. The van der Waals surface area contributed by atoms with Crippen LogP contribution in [0, 0.1) is 0 Å². The van der Waals surface area contributed by atoms with Crippen LogP contribution in [0.25, 0.3) is 0 Å². The zero-order chi connectivity index (χ0) is 18.2. The number of ketones is 1. The van der Waals surface area contributed by atoms with Crippen molar-refractivity contribution < 1.29 is 14.7 Å². The Balaban J connectivity index is 1.96. The number of hydrogen-bond donors (Lipinski definition) is 1. The molecule has 1 atom stereocenters. The highest BCUT2D eigenvalue weighted by Crippen LogP contribution is 2.43. The van der Waals surface area contributed by atoms with E-state index in [-0.39, 0.29) is 12.2 Å². The van der Waals surface area contributed by atoms with Crippen molar-refractivity contribution >= 4 is 29.0 Å². The van der Waals surface area contributed by atoms with Crippen LogP contribution in [-0.2, 0) is 16.8 Å². The highest BCUT2D eigenvalue weighted by atomic mass is 35.5. The van der Waals surface area contributed by atoms with Crippen LogP contribution in [0.2, 0.25) is 5.02 Å². The maximum Gasteiger partial charge on any atom is 0.264 e. The van der Waals surface area contributed by atoms with Crippen LogP contribution >= 0.6 is 11.6 Å². The van der Waals surface area contributed by atoms with Gasteiger partial charge in [0.2, 0.25) is 0 Å². The minimum Gasteiger partial charge on any atom is -0.375 e. The number of benzene rings is 2. The van der Waals surface area contributed by atoms with Gasteiger partial charge in [0.1, 0.15) is 0 Å². The molecule has 1 N–H and O–H groups in total. The maximum atomic E-state index is 12.8. The molecule has 0 aliphatic carbocycles. The third-order valence-corrected chi connectivity index (χ3v) is 4.95. The molecule has 0 saturated carbocycles. The lowest BCUT2D eigenvalue weighted by molar-refractivity contribution is -0.135. The number of nitrogens with zero attached hydrogens (tertiary/aromatic N) is 1. The van der Waals surface area contributed by atoms with E-state index in [1.807, 2.05) is 26.0 Å². The first-order valence-corrected chi connectivity index (χ1v) is 8.75. The van der Waals surface area contributed by atoms with Crippen molar-refractivity contribution in [2.24, 2.45) is 0 Å². The summed E-state index contributed by atoms with van der Waals surface area (Å²) in [5.41, 5.74) is 0.730. The number of fused-ring (bicyclic) bond motifs is 1. The maximum absolute atomic E-state index is 12.8. The number of carbonyl (C=O) groups is 2. The number of rotatable bonds is 5. The zero-order valence-electron chi connectivity index (χ0n) is 14.3. The second-order valence-corrected chi connectivity index (χ2v) is 6.66. The van der Waals surface area contributed by atoms with Gasteiger partial charge in [0.25, 0.3) is 5.91 Å². The van der Waals surface area contributed by atoms with Gasteiger partial charge >= 0.3 is 0 Å². The largest absolute Gasteiger partial charge is 0.375 e. The fraction of sp³-hybridized carbons (Fsp3) is 0.300. The topological polar surface area (TPSA) is 57.6 Å². The van der Waals surface area contributed by atoms with E-state index < -0.39 is 11.5 Å². The minimum absolute atomic E-state index is 0.276. The van der Waals surface area contributed by atoms with Gasteiger partial charge in [0, 0.05) is 22.7 Å². The van der Waals surface area contributed by atoms with Gasteiger partial charge in [-0.1, -0.05) is 42.8 Å². The van der Waals surface area contributed by atoms with E-state index >= 15 is 0 Å². The van der Waals surface area contributed by atoms with Gasteiger partial charge in [-0.15, -0.1) is 0 Å². The molecule has 2 aromatic rings. The molecule has 130 valence electrons. The summed E-state index contributed by atoms with van der Waals surface area (Å²) in [6.07, 6.45) is 0.579. The number of carbonyl (C=O) groups excluding carboxylic acids is 2. The van der Waals surface area contributed by atoms with Crippen molar-refractivity contribution in [1.82, 2.24) is 0 Å². The fourth-order valence-corrected chi connectivity index (χ4v) is 3.44. The van der Waals surface area contributed by atoms with Gasteiger partial charge in [-0.05, 0) is 37.1 Å². The molecule has 1 amide bonds. The summed E-state index contributed by atoms with van der Waals surface area (Å²) in [5, 5.41) is 11.5. The van der Waals surface area contributed by atoms with E-state index in [0.717, 1.165) is 12.0 Å². The normalized spacial score (nSPS) is 19.2. The van der Waals surface area contributed by atoms with Gasteiger partial charge in [0.05, 0.1) is 12.1 Å². The first-order valence-electron chi connectivity index (χ1n) is 8.37. The van der Waals surface area contributed by atoms with Crippen LogP contribution in [0.1, 0.15) is 41.8 Å². The molecule has 1 aliphatic rings. The quantitative estimate of drug-likeness (QED) is 0.829. The Morgan fingerprint density at radius 1 is 1.16 bits per heavy atom. The summed E-state index contributed by atoms with van der Waals surface area (Å²) < 4.78 is 0. The molecule has 0 bridgehead atoms. The number of likely N-dealkylation sites (N-methyl/N-ethyl adjacent to an activating group) is 1. The number of aliphatic hydroxyl groups is 1. The Morgan fingerprint density at radius 3 is 2.44 bits per heavy atom. The Morgan fingerprint density at radius 2 is 1.84 bits per heavy atom. The van der Waals surface area contributed by atoms with Crippen molar-refractivity contribution in [3.63, 3.8) is 0 Å². The number of anilines is 1. The molecule has 0 unspecified atom stereocenters. The van der Waals surface area contributed by atoms with Gasteiger partial charge in [-0.3, -0.25) is 9.59 Å². The molecule has 5 heteroatoms. The average Bonchev–Trinajstić information content (AvgIpc) is 2.82. The lowest BCUT2D eigenvalue weighted by Gasteiger charge is -2.22. The summed E-state index contributed by atoms with van der Waals surface area (Å²) in [5.74, 6) is -0.756. The monoisotopic (exact) mass is 357 g/mol. The molecule has 25 heavy (non-hydrogen) atoms. The first kappa shape index (κ1) is 17.6. The summed E-state index contributed by atoms with van der Waals surface area (Å²) in [4.78, 5) is 26.9. The second kappa shape index (κ2) is 6.62. The smallest absolute Gasteiger partial charge is 0.264 e. The van der Waals surface area contributed by atoms with Crippen LogP contribution in [0.3, 0.4) is 0 Å². The van der Waals surface area contributed by atoms with Crippen LogP contribution in [-0.4, -0.2) is 23.3 Å². The van der Waals surface area contributed by atoms with E-state index in [2.05, 4.69) is 0 Å². The highest BCUT2D eigenvalue weighted by molar-refractivity contribution is 6.31. The van der Waals surface area contributed by atoms with Crippen LogP contribution in [0.4, 0.5) is 5.69 Å². The van der Waals surface area contributed by atoms with Crippen molar-refractivity contribution in [2.45, 2.75) is 32.3 Å². The van der Waals surface area contributed by atoms with E-state index in [0.29, 0.717) is 28.4 Å². The molecule has 0 saturated heterocycles. The molecule has 1 heterocycles. The van der Waals surface area contributed by atoms with E-state index in [9.17, 15) is 14.7 Å².